The molecule has 0 amide bonds. The largest absolute Gasteiger partial charge is 0.462 e. The Kier molecular flexibility index (Phi) is 5.79. The van der Waals surface area contributed by atoms with Crippen LogP contribution in [0, 0.1) is 27.7 Å². The normalized spacial score (nSPS) is 10.6. The van der Waals surface area contributed by atoms with Gasteiger partial charge in [-0.2, -0.15) is 0 Å². The SMILES string of the molecule is CCOC(=O)c1c(C)[nH]c(C(=O)COC(=O)c2cc(C)sc2C)c1C. The van der Waals surface area contributed by atoms with Gasteiger partial charge in [-0.25, -0.2) is 9.59 Å². The Morgan fingerprint density at radius 1 is 1.08 bits per heavy atom. The molecule has 0 aliphatic rings. The van der Waals surface area contributed by atoms with Crippen LogP contribution in [0.25, 0.3) is 0 Å². The summed E-state index contributed by atoms with van der Waals surface area (Å²) in [7, 11) is 0. The number of Topliss-reactive ketones (excluding diaryl/α,β-unsaturated/α-hetero) is 1. The van der Waals surface area contributed by atoms with Gasteiger partial charge in [0.05, 0.1) is 23.4 Å². The van der Waals surface area contributed by atoms with Crippen molar-refractivity contribution >= 4 is 29.1 Å². The van der Waals surface area contributed by atoms with Gasteiger partial charge in [-0.1, -0.05) is 0 Å². The highest BCUT2D eigenvalue weighted by atomic mass is 32.1. The lowest BCUT2D eigenvalue weighted by Crippen LogP contribution is -2.16. The summed E-state index contributed by atoms with van der Waals surface area (Å²) in [5.74, 6) is -1.40. The molecule has 2 heterocycles. The summed E-state index contributed by atoms with van der Waals surface area (Å²) < 4.78 is 10.1. The zero-order chi connectivity index (χ0) is 18.7. The number of aryl methyl sites for hydroxylation is 3. The van der Waals surface area contributed by atoms with E-state index >= 15 is 0 Å². The molecule has 0 bridgehead atoms. The molecule has 2 rings (SSSR count). The van der Waals surface area contributed by atoms with Crippen molar-refractivity contribution in [2.45, 2.75) is 34.6 Å². The highest BCUT2D eigenvalue weighted by molar-refractivity contribution is 7.12. The van der Waals surface area contributed by atoms with Gasteiger partial charge in [0.25, 0.3) is 0 Å². The number of ether oxygens (including phenoxy) is 2. The number of hydrogen-bond acceptors (Lipinski definition) is 6. The van der Waals surface area contributed by atoms with Gasteiger partial charge in [0.1, 0.15) is 0 Å². The number of H-pyrrole nitrogens is 1. The number of thiophene rings is 1. The van der Waals surface area contributed by atoms with E-state index in [9.17, 15) is 14.4 Å². The van der Waals surface area contributed by atoms with Gasteiger partial charge in [0.2, 0.25) is 5.78 Å². The van der Waals surface area contributed by atoms with Crippen LogP contribution >= 0.6 is 11.3 Å². The topological polar surface area (TPSA) is 85.5 Å². The summed E-state index contributed by atoms with van der Waals surface area (Å²) in [6, 6.07) is 1.75. The number of aromatic amines is 1. The number of hydrogen-bond donors (Lipinski definition) is 1. The fourth-order valence-corrected chi connectivity index (χ4v) is 3.56. The third kappa shape index (κ3) is 3.99. The molecule has 25 heavy (non-hydrogen) atoms. The van der Waals surface area contributed by atoms with Crippen molar-refractivity contribution in [1.29, 1.82) is 0 Å². The minimum absolute atomic E-state index is 0.253. The molecule has 0 radical (unpaired) electrons. The maximum absolute atomic E-state index is 12.4. The monoisotopic (exact) mass is 363 g/mol. The van der Waals surface area contributed by atoms with Crippen molar-refractivity contribution < 1.29 is 23.9 Å². The Hall–Kier alpha value is -2.41. The van der Waals surface area contributed by atoms with Crippen molar-refractivity contribution in [1.82, 2.24) is 4.98 Å². The van der Waals surface area contributed by atoms with Crippen LogP contribution in [0.2, 0.25) is 0 Å². The number of esters is 2. The lowest BCUT2D eigenvalue weighted by atomic mass is 10.1. The van der Waals surface area contributed by atoms with Gasteiger partial charge in [-0.3, -0.25) is 4.79 Å². The summed E-state index contributed by atoms with van der Waals surface area (Å²) in [5, 5.41) is 0. The Balaban J connectivity index is 2.11. The number of nitrogens with one attached hydrogen (secondary N) is 1. The second-order valence-electron chi connectivity index (χ2n) is 5.67. The molecule has 0 fully saturated rings. The summed E-state index contributed by atoms with van der Waals surface area (Å²) in [6.07, 6.45) is 0. The molecule has 7 heteroatoms. The molecular formula is C18H21NO5S. The summed E-state index contributed by atoms with van der Waals surface area (Å²) in [5.41, 5.74) is 2.13. The molecule has 0 atom stereocenters. The molecule has 0 aliphatic carbocycles. The van der Waals surface area contributed by atoms with Crippen molar-refractivity contribution in [3.8, 4) is 0 Å². The van der Waals surface area contributed by atoms with Gasteiger partial charge in [-0.15, -0.1) is 11.3 Å². The molecule has 6 nitrogen and oxygen atoms in total. The van der Waals surface area contributed by atoms with Crippen LogP contribution in [0.1, 0.15) is 59.1 Å². The molecule has 1 N–H and O–H groups in total. The van der Waals surface area contributed by atoms with E-state index in [2.05, 4.69) is 4.98 Å². The average molecular weight is 363 g/mol. The minimum Gasteiger partial charge on any atom is -0.462 e. The highest BCUT2D eigenvalue weighted by Crippen LogP contribution is 2.22. The fraction of sp³-hybridized carbons (Fsp3) is 0.389. The molecule has 0 unspecified atom stereocenters. The van der Waals surface area contributed by atoms with E-state index < -0.39 is 24.3 Å². The first-order valence-electron chi connectivity index (χ1n) is 7.89. The van der Waals surface area contributed by atoms with E-state index in [1.807, 2.05) is 13.8 Å². The standard InChI is InChI=1S/C18H21NO5S/c1-6-23-18(22)15-10(3)16(19-11(15)4)14(20)8-24-17(21)13-7-9(2)25-12(13)5/h7,19H,6,8H2,1-5H3. The van der Waals surface area contributed by atoms with Crippen LogP contribution in [0.4, 0.5) is 0 Å². The molecule has 0 saturated heterocycles. The maximum Gasteiger partial charge on any atom is 0.340 e. The van der Waals surface area contributed by atoms with Crippen molar-refractivity contribution in [2.24, 2.45) is 0 Å². The number of carbonyl (C=O) groups is 3. The van der Waals surface area contributed by atoms with Crippen LogP contribution < -0.4 is 0 Å². The molecule has 0 aliphatic heterocycles. The third-order valence-corrected chi connectivity index (χ3v) is 4.76. The summed E-state index contributed by atoms with van der Waals surface area (Å²) in [4.78, 5) is 41.2. The van der Waals surface area contributed by atoms with Crippen molar-refractivity contribution in [2.75, 3.05) is 13.2 Å². The Morgan fingerprint density at radius 2 is 1.76 bits per heavy atom. The first kappa shape index (κ1) is 18.9. The number of ketones is 1. The molecule has 0 spiro atoms. The van der Waals surface area contributed by atoms with Gasteiger partial charge in [0, 0.05) is 15.4 Å². The molecular weight excluding hydrogens is 342 g/mol. The first-order chi connectivity index (χ1) is 11.8. The lowest BCUT2D eigenvalue weighted by Gasteiger charge is -2.04. The quantitative estimate of drug-likeness (QED) is 0.627. The van der Waals surface area contributed by atoms with Crippen LogP contribution in [0.15, 0.2) is 6.07 Å². The van der Waals surface area contributed by atoms with Gasteiger partial charge < -0.3 is 14.5 Å². The summed E-state index contributed by atoms with van der Waals surface area (Å²) >= 11 is 1.50. The van der Waals surface area contributed by atoms with E-state index in [0.29, 0.717) is 22.4 Å². The Labute approximate surface area is 150 Å². The molecule has 0 aromatic carbocycles. The molecule has 134 valence electrons. The van der Waals surface area contributed by atoms with Crippen LogP contribution in [-0.4, -0.2) is 35.9 Å². The second kappa shape index (κ2) is 7.65. The van der Waals surface area contributed by atoms with E-state index in [0.717, 1.165) is 9.75 Å². The highest BCUT2D eigenvalue weighted by Gasteiger charge is 2.24. The molecule has 2 aromatic rings. The van der Waals surface area contributed by atoms with E-state index in [4.69, 9.17) is 9.47 Å². The zero-order valence-electron chi connectivity index (χ0n) is 14.9. The molecule has 0 saturated carbocycles. The number of aromatic nitrogens is 1. The van der Waals surface area contributed by atoms with E-state index in [1.165, 1.54) is 11.3 Å². The lowest BCUT2D eigenvalue weighted by molar-refractivity contribution is 0.0472. The predicted molar refractivity (Wildman–Crippen MR) is 94.6 cm³/mol. The van der Waals surface area contributed by atoms with Gasteiger partial charge in [-0.05, 0) is 46.2 Å². The van der Waals surface area contributed by atoms with Crippen molar-refractivity contribution in [3.63, 3.8) is 0 Å². The Bertz CT molecular complexity index is 831. The van der Waals surface area contributed by atoms with Gasteiger partial charge in [0.15, 0.2) is 6.61 Å². The van der Waals surface area contributed by atoms with Crippen molar-refractivity contribution in [3.05, 3.63) is 43.9 Å². The summed E-state index contributed by atoms with van der Waals surface area (Å²) in [6.45, 7) is 8.67. The smallest absolute Gasteiger partial charge is 0.340 e. The maximum atomic E-state index is 12.4. The van der Waals surface area contributed by atoms with Crippen LogP contribution in [0.5, 0.6) is 0 Å². The van der Waals surface area contributed by atoms with Crippen LogP contribution in [-0.2, 0) is 9.47 Å². The average Bonchev–Trinajstić information content (AvgIpc) is 3.03. The van der Waals surface area contributed by atoms with Crippen LogP contribution in [0.3, 0.4) is 0 Å². The second-order valence-corrected chi connectivity index (χ2v) is 7.13. The minimum atomic E-state index is -0.526. The third-order valence-electron chi connectivity index (χ3n) is 3.79. The van der Waals surface area contributed by atoms with E-state index in [1.54, 1.807) is 26.8 Å². The van der Waals surface area contributed by atoms with E-state index in [-0.39, 0.29) is 12.3 Å². The molecule has 2 aromatic heterocycles. The Morgan fingerprint density at radius 3 is 2.32 bits per heavy atom. The number of carbonyl (C=O) groups excluding carboxylic acids is 3. The zero-order valence-corrected chi connectivity index (χ0v) is 15.8. The van der Waals surface area contributed by atoms with Gasteiger partial charge >= 0.3 is 11.9 Å². The fourth-order valence-electron chi connectivity index (χ4n) is 2.65. The number of rotatable bonds is 6. The first-order valence-corrected chi connectivity index (χ1v) is 8.71. The predicted octanol–water partition coefficient (Wildman–Crippen LogP) is 3.53.